The summed E-state index contributed by atoms with van der Waals surface area (Å²) in [4.78, 5) is 60.6. The molecule has 0 bridgehead atoms. The fourth-order valence-electron chi connectivity index (χ4n) is 4.79. The molecular formula is C28H23N7O6S2. The molecule has 2 aromatic heterocycles. The number of carboxylic acid groups (broad SMARTS) is 1. The van der Waals surface area contributed by atoms with Crippen molar-refractivity contribution in [2.75, 3.05) is 11.5 Å². The van der Waals surface area contributed by atoms with Gasteiger partial charge in [0.2, 0.25) is 11.8 Å². The molecule has 3 amide bonds. The first kappa shape index (κ1) is 28.2. The molecule has 4 heterocycles. The maximum absolute atomic E-state index is 13.6. The van der Waals surface area contributed by atoms with E-state index < -0.39 is 41.1 Å². The average Bonchev–Trinajstić information content (AvgIpc) is 3.46. The van der Waals surface area contributed by atoms with Crippen LogP contribution in [0.4, 0.5) is 0 Å². The van der Waals surface area contributed by atoms with Gasteiger partial charge in [-0.3, -0.25) is 19.3 Å². The Hall–Kier alpha value is -4.89. The molecule has 0 aliphatic carbocycles. The van der Waals surface area contributed by atoms with Crippen LogP contribution in [-0.4, -0.2) is 81.9 Å². The number of aromatic nitrogens is 4. The van der Waals surface area contributed by atoms with E-state index in [1.807, 2.05) is 6.07 Å². The zero-order valence-electron chi connectivity index (χ0n) is 22.1. The number of carboxylic acids is 1. The molecule has 2 aliphatic rings. The summed E-state index contributed by atoms with van der Waals surface area (Å²) >= 11 is 2.56. The number of nitrogens with one attached hydrogen (secondary N) is 3. The smallest absolute Gasteiger partial charge is 0.352 e. The first-order valence-electron chi connectivity index (χ1n) is 13.0. The highest BCUT2D eigenvalue weighted by molar-refractivity contribution is 8.01. The van der Waals surface area contributed by atoms with Crippen molar-refractivity contribution in [1.29, 1.82) is 0 Å². The first-order valence-corrected chi connectivity index (χ1v) is 15.0. The average molecular weight is 618 g/mol. The van der Waals surface area contributed by atoms with Crippen molar-refractivity contribution < 1.29 is 29.4 Å². The number of nitrogens with zero attached hydrogens (tertiary/aromatic N) is 4. The van der Waals surface area contributed by atoms with Crippen molar-refractivity contribution in [2.24, 2.45) is 0 Å². The fraction of sp³-hybridized carbons (Fsp3) is 0.179. The summed E-state index contributed by atoms with van der Waals surface area (Å²) in [5.41, 5.74) is 2.15. The number of aliphatic carboxylic acids is 1. The van der Waals surface area contributed by atoms with E-state index in [2.05, 4.69) is 30.8 Å². The molecule has 5 N–H and O–H groups in total. The van der Waals surface area contributed by atoms with Crippen LogP contribution in [0.3, 0.4) is 0 Å². The largest absolute Gasteiger partial charge is 0.492 e. The molecule has 15 heteroatoms. The monoisotopic (exact) mass is 617 g/mol. The zero-order chi connectivity index (χ0) is 30.1. The van der Waals surface area contributed by atoms with Crippen LogP contribution in [0.2, 0.25) is 0 Å². The second-order valence-electron chi connectivity index (χ2n) is 9.59. The molecule has 2 unspecified atom stereocenters. The normalized spacial score (nSPS) is 18.5. The number of benzene rings is 2. The number of thioether (sulfide) groups is 2. The molecule has 3 atom stereocenters. The van der Waals surface area contributed by atoms with Gasteiger partial charge in [-0.15, -0.1) is 33.7 Å². The second kappa shape index (κ2) is 11.8. The highest BCUT2D eigenvalue weighted by Gasteiger charge is 2.54. The summed E-state index contributed by atoms with van der Waals surface area (Å²) in [6, 6.07) is 16.5. The van der Waals surface area contributed by atoms with Gasteiger partial charge in [-0.2, -0.15) is 0 Å². The zero-order valence-corrected chi connectivity index (χ0v) is 23.8. The Kier molecular flexibility index (Phi) is 7.73. The molecule has 0 radical (unpaired) electrons. The Morgan fingerprint density at radius 3 is 2.56 bits per heavy atom. The second-order valence-corrected chi connectivity index (χ2v) is 11.7. The summed E-state index contributed by atoms with van der Waals surface area (Å²) in [6.07, 6.45) is 0. The van der Waals surface area contributed by atoms with Crippen LogP contribution in [0, 0.1) is 0 Å². The number of rotatable bonds is 9. The van der Waals surface area contributed by atoms with Crippen LogP contribution < -0.4 is 10.6 Å². The van der Waals surface area contributed by atoms with E-state index in [4.69, 9.17) is 0 Å². The predicted molar refractivity (Wildman–Crippen MR) is 157 cm³/mol. The van der Waals surface area contributed by atoms with Gasteiger partial charge in [0.25, 0.3) is 11.8 Å². The van der Waals surface area contributed by atoms with Gasteiger partial charge in [0, 0.05) is 17.6 Å². The molecule has 6 rings (SSSR count). The van der Waals surface area contributed by atoms with Gasteiger partial charge in [0.05, 0.1) is 11.0 Å². The van der Waals surface area contributed by atoms with Crippen molar-refractivity contribution in [2.45, 2.75) is 22.5 Å². The van der Waals surface area contributed by atoms with Gasteiger partial charge in [0.1, 0.15) is 28.2 Å². The van der Waals surface area contributed by atoms with E-state index >= 15 is 0 Å². The minimum atomic E-state index is -1.25. The molecule has 13 nitrogen and oxygen atoms in total. The van der Waals surface area contributed by atoms with Crippen molar-refractivity contribution in [3.8, 4) is 5.88 Å². The third-order valence-electron chi connectivity index (χ3n) is 6.84. The summed E-state index contributed by atoms with van der Waals surface area (Å²) in [5, 5.41) is 32.0. The van der Waals surface area contributed by atoms with Crippen LogP contribution >= 0.6 is 23.5 Å². The summed E-state index contributed by atoms with van der Waals surface area (Å²) in [5.74, 6) is -2.69. The molecule has 0 spiro atoms. The number of aromatic hydroxyl groups is 1. The Morgan fingerprint density at radius 2 is 1.84 bits per heavy atom. The molecule has 1 saturated heterocycles. The van der Waals surface area contributed by atoms with Crippen molar-refractivity contribution in [1.82, 2.24) is 35.7 Å². The number of imidazole rings is 1. The van der Waals surface area contributed by atoms with E-state index in [1.54, 1.807) is 54.6 Å². The minimum Gasteiger partial charge on any atom is -0.492 e. The third-order valence-corrected chi connectivity index (χ3v) is 9.19. The number of carbonyl (C=O) groups excluding carboxylic acids is 3. The Morgan fingerprint density at radius 1 is 1.07 bits per heavy atom. The molecule has 2 aliphatic heterocycles. The summed E-state index contributed by atoms with van der Waals surface area (Å²) in [7, 11) is 0. The van der Waals surface area contributed by atoms with Gasteiger partial charge in [-0.05, 0) is 29.3 Å². The Labute approximate surface area is 252 Å². The maximum Gasteiger partial charge on any atom is 0.352 e. The molecule has 43 heavy (non-hydrogen) atoms. The standard InChI is InChI=1S/C28H23N7O6S2/c36-18-10-11-19(34-33-18)42-12-15-13-43-27-21(26(39)35(27)22(15)28(40)41)32-24(37)20(14-6-2-1-3-7-14)31-25(38)23-29-16-8-4-5-9-17(16)30-23/h1-11,20-21,27H,12-13H2,(H,29,30)(H,31,38)(H,32,37)(H,33,36)(H,40,41)/t20?,21?,27-/m0/s1. The SMILES string of the molecule is O=C(O)C1=C(CSc2ccc(O)nn2)CS[C@H]2C(NC(=O)C(NC(=O)c3nc4ccccc4[nH]3)c3ccccc3)C(=O)N12. The number of para-hydroxylation sites is 2. The van der Waals surface area contributed by atoms with Gasteiger partial charge in [-0.25, -0.2) is 9.78 Å². The van der Waals surface area contributed by atoms with E-state index in [1.165, 1.54) is 34.5 Å². The Balaban J connectivity index is 1.18. The number of carbonyl (C=O) groups is 4. The lowest BCUT2D eigenvalue weighted by atomic mass is 10.0. The number of H-pyrrole nitrogens is 1. The highest BCUT2D eigenvalue weighted by Crippen LogP contribution is 2.41. The van der Waals surface area contributed by atoms with Gasteiger partial charge >= 0.3 is 5.97 Å². The van der Waals surface area contributed by atoms with Gasteiger partial charge < -0.3 is 25.8 Å². The fourth-order valence-corrected chi connectivity index (χ4v) is 7.09. The van der Waals surface area contributed by atoms with Crippen LogP contribution in [0.25, 0.3) is 11.0 Å². The van der Waals surface area contributed by atoms with E-state index in [-0.39, 0.29) is 23.2 Å². The Bertz CT molecular complexity index is 1730. The highest BCUT2D eigenvalue weighted by atomic mass is 32.2. The quantitative estimate of drug-likeness (QED) is 0.136. The molecule has 2 aromatic carbocycles. The maximum atomic E-state index is 13.6. The molecule has 4 aromatic rings. The van der Waals surface area contributed by atoms with Crippen molar-refractivity contribution in [3.63, 3.8) is 0 Å². The molecule has 0 saturated carbocycles. The molecule has 1 fully saturated rings. The van der Waals surface area contributed by atoms with Crippen LogP contribution in [0.5, 0.6) is 5.88 Å². The molecule has 218 valence electrons. The van der Waals surface area contributed by atoms with Gasteiger partial charge in [0.15, 0.2) is 5.82 Å². The number of aromatic amines is 1. The number of hydrogen-bond acceptors (Lipinski definition) is 10. The molecular weight excluding hydrogens is 594 g/mol. The minimum absolute atomic E-state index is 0.0311. The van der Waals surface area contributed by atoms with Crippen LogP contribution in [-0.2, 0) is 14.4 Å². The lowest BCUT2D eigenvalue weighted by molar-refractivity contribution is -0.151. The number of hydrogen-bond donors (Lipinski definition) is 5. The van der Waals surface area contributed by atoms with E-state index in [9.17, 15) is 29.4 Å². The van der Waals surface area contributed by atoms with Crippen LogP contribution in [0.1, 0.15) is 22.2 Å². The number of amides is 3. The number of fused-ring (bicyclic) bond motifs is 2. The predicted octanol–water partition coefficient (Wildman–Crippen LogP) is 2.06. The number of β-lactam (4-membered cyclic amide) rings is 1. The lowest BCUT2D eigenvalue weighted by Gasteiger charge is -2.49. The van der Waals surface area contributed by atoms with Gasteiger partial charge in [-0.1, -0.05) is 42.5 Å². The van der Waals surface area contributed by atoms with Crippen molar-refractivity contribution in [3.05, 3.63) is 89.4 Å². The first-order chi connectivity index (χ1) is 20.8. The van der Waals surface area contributed by atoms with Crippen LogP contribution in [0.15, 0.2) is 83.0 Å². The topological polar surface area (TPSA) is 190 Å². The lowest BCUT2D eigenvalue weighted by Crippen LogP contribution is -2.71. The summed E-state index contributed by atoms with van der Waals surface area (Å²) in [6.45, 7) is 0. The van der Waals surface area contributed by atoms with Crippen molar-refractivity contribution >= 4 is 58.2 Å². The third kappa shape index (κ3) is 5.63. The summed E-state index contributed by atoms with van der Waals surface area (Å²) < 4.78 is 0. The van der Waals surface area contributed by atoms with E-state index in [0.29, 0.717) is 32.9 Å². The van der Waals surface area contributed by atoms with E-state index in [0.717, 1.165) is 0 Å².